The molecule has 108 valence electrons. The van der Waals surface area contributed by atoms with Crippen LogP contribution < -0.4 is 5.32 Å². The summed E-state index contributed by atoms with van der Waals surface area (Å²) in [6, 6.07) is 0.491. The minimum atomic E-state index is -3.02. The SMILES string of the molecule is CCNCC(C)C(C)N1CCN(S(C)(=O)=O)CC1. The fourth-order valence-corrected chi connectivity index (χ4v) is 3.17. The van der Waals surface area contributed by atoms with E-state index in [1.54, 1.807) is 4.31 Å². The Morgan fingerprint density at radius 3 is 2.17 bits per heavy atom. The Morgan fingerprint density at radius 1 is 1.17 bits per heavy atom. The predicted octanol–water partition coefficient (Wildman–Crippen LogP) is 0.198. The lowest BCUT2D eigenvalue weighted by Crippen LogP contribution is -2.53. The van der Waals surface area contributed by atoms with Gasteiger partial charge in [-0.3, -0.25) is 4.90 Å². The first-order chi connectivity index (χ1) is 8.36. The van der Waals surface area contributed by atoms with E-state index in [2.05, 4.69) is 31.0 Å². The normalized spacial score (nSPS) is 22.9. The van der Waals surface area contributed by atoms with Gasteiger partial charge in [0.2, 0.25) is 10.0 Å². The van der Waals surface area contributed by atoms with Crippen molar-refractivity contribution in [3.05, 3.63) is 0 Å². The molecule has 0 spiro atoms. The maximum Gasteiger partial charge on any atom is 0.211 e. The summed E-state index contributed by atoms with van der Waals surface area (Å²) in [5.41, 5.74) is 0. The molecule has 0 aliphatic carbocycles. The molecule has 0 saturated carbocycles. The van der Waals surface area contributed by atoms with Crippen molar-refractivity contribution in [1.29, 1.82) is 0 Å². The first-order valence-corrected chi connectivity index (χ1v) is 8.61. The third-order valence-electron chi connectivity index (χ3n) is 3.86. The van der Waals surface area contributed by atoms with Crippen molar-refractivity contribution in [3.8, 4) is 0 Å². The lowest BCUT2D eigenvalue weighted by Gasteiger charge is -2.39. The molecule has 0 bridgehead atoms. The molecule has 1 heterocycles. The van der Waals surface area contributed by atoms with Gasteiger partial charge in [-0.15, -0.1) is 0 Å². The molecule has 0 aromatic heterocycles. The second-order valence-electron chi connectivity index (χ2n) is 5.22. The van der Waals surface area contributed by atoms with Gasteiger partial charge in [-0.05, 0) is 25.9 Å². The van der Waals surface area contributed by atoms with Gasteiger partial charge in [-0.2, -0.15) is 4.31 Å². The van der Waals surface area contributed by atoms with E-state index in [1.165, 1.54) is 6.26 Å². The highest BCUT2D eigenvalue weighted by atomic mass is 32.2. The molecule has 0 aromatic carbocycles. The minimum absolute atomic E-state index is 0.491. The number of piperazine rings is 1. The summed E-state index contributed by atoms with van der Waals surface area (Å²) in [4.78, 5) is 2.39. The molecule has 0 amide bonds. The standard InChI is InChI=1S/C12H27N3O2S/c1-5-13-10-11(2)12(3)14-6-8-15(9-7-14)18(4,16)17/h11-13H,5-10H2,1-4H3. The summed E-state index contributed by atoms with van der Waals surface area (Å²) in [5, 5.41) is 3.37. The number of rotatable bonds is 6. The maximum absolute atomic E-state index is 11.4. The molecule has 2 unspecified atom stereocenters. The monoisotopic (exact) mass is 277 g/mol. The van der Waals surface area contributed by atoms with Crippen LogP contribution in [0.2, 0.25) is 0 Å². The van der Waals surface area contributed by atoms with Crippen LogP contribution in [-0.4, -0.2) is 69.2 Å². The predicted molar refractivity (Wildman–Crippen MR) is 75.2 cm³/mol. The van der Waals surface area contributed by atoms with Crippen LogP contribution in [0.1, 0.15) is 20.8 Å². The summed E-state index contributed by atoms with van der Waals surface area (Å²) in [6.07, 6.45) is 1.29. The highest BCUT2D eigenvalue weighted by Crippen LogP contribution is 2.14. The van der Waals surface area contributed by atoms with Crippen LogP contribution in [0.3, 0.4) is 0 Å². The van der Waals surface area contributed by atoms with E-state index < -0.39 is 10.0 Å². The van der Waals surface area contributed by atoms with Crippen molar-refractivity contribution >= 4 is 10.0 Å². The molecule has 18 heavy (non-hydrogen) atoms. The van der Waals surface area contributed by atoms with Crippen molar-refractivity contribution in [2.75, 3.05) is 45.5 Å². The van der Waals surface area contributed by atoms with Crippen molar-refractivity contribution in [3.63, 3.8) is 0 Å². The maximum atomic E-state index is 11.4. The van der Waals surface area contributed by atoms with Gasteiger partial charge >= 0.3 is 0 Å². The molecule has 0 aromatic rings. The van der Waals surface area contributed by atoms with Crippen molar-refractivity contribution in [1.82, 2.24) is 14.5 Å². The van der Waals surface area contributed by atoms with Crippen molar-refractivity contribution in [2.45, 2.75) is 26.8 Å². The van der Waals surface area contributed by atoms with Crippen LogP contribution in [-0.2, 0) is 10.0 Å². The second-order valence-corrected chi connectivity index (χ2v) is 7.21. The lowest BCUT2D eigenvalue weighted by molar-refractivity contribution is 0.114. The summed E-state index contributed by atoms with van der Waals surface area (Å²) in [5.74, 6) is 0.578. The Balaban J connectivity index is 2.42. The molecule has 6 heteroatoms. The smallest absolute Gasteiger partial charge is 0.211 e. The molecule has 1 aliphatic rings. The molecule has 5 nitrogen and oxygen atoms in total. The summed E-state index contributed by atoms with van der Waals surface area (Å²) < 4.78 is 24.4. The molecule has 1 fully saturated rings. The molecule has 1 saturated heterocycles. The minimum Gasteiger partial charge on any atom is -0.317 e. The molecule has 1 aliphatic heterocycles. The average Bonchev–Trinajstić information content (AvgIpc) is 2.34. The number of nitrogens with one attached hydrogen (secondary N) is 1. The Labute approximate surface area is 112 Å². The third-order valence-corrected chi connectivity index (χ3v) is 5.16. The van der Waals surface area contributed by atoms with Crippen molar-refractivity contribution in [2.24, 2.45) is 5.92 Å². The van der Waals surface area contributed by atoms with E-state index >= 15 is 0 Å². The number of sulfonamides is 1. The van der Waals surface area contributed by atoms with Gasteiger partial charge < -0.3 is 5.32 Å². The van der Waals surface area contributed by atoms with Gasteiger partial charge in [0.1, 0.15) is 0 Å². The van der Waals surface area contributed by atoms with Gasteiger partial charge in [0.15, 0.2) is 0 Å². The van der Waals surface area contributed by atoms with Crippen LogP contribution in [0, 0.1) is 5.92 Å². The van der Waals surface area contributed by atoms with E-state index in [0.717, 1.165) is 26.2 Å². The quantitative estimate of drug-likeness (QED) is 0.753. The molecular formula is C12H27N3O2S. The van der Waals surface area contributed by atoms with Crippen LogP contribution in [0.4, 0.5) is 0 Å². The van der Waals surface area contributed by atoms with Gasteiger partial charge in [0, 0.05) is 32.2 Å². The van der Waals surface area contributed by atoms with Crippen LogP contribution in [0.15, 0.2) is 0 Å². The second kappa shape index (κ2) is 6.84. The highest BCUT2D eigenvalue weighted by molar-refractivity contribution is 7.88. The van der Waals surface area contributed by atoms with Crippen LogP contribution in [0.5, 0.6) is 0 Å². The molecule has 1 N–H and O–H groups in total. The van der Waals surface area contributed by atoms with E-state index in [1.807, 2.05) is 0 Å². The molecule has 0 radical (unpaired) electrons. The third kappa shape index (κ3) is 4.50. The Bertz CT molecular complexity index is 337. The molecule has 2 atom stereocenters. The Hall–Kier alpha value is -0.170. The topological polar surface area (TPSA) is 52.6 Å². The van der Waals surface area contributed by atoms with E-state index in [9.17, 15) is 8.42 Å². The summed E-state index contributed by atoms with van der Waals surface area (Å²) >= 11 is 0. The summed E-state index contributed by atoms with van der Waals surface area (Å²) in [7, 11) is -3.02. The van der Waals surface area contributed by atoms with E-state index in [0.29, 0.717) is 25.0 Å². The highest BCUT2D eigenvalue weighted by Gasteiger charge is 2.27. The zero-order valence-corrected chi connectivity index (χ0v) is 12.8. The van der Waals surface area contributed by atoms with Gasteiger partial charge in [0.05, 0.1) is 6.26 Å². The van der Waals surface area contributed by atoms with Crippen LogP contribution >= 0.6 is 0 Å². The fraction of sp³-hybridized carbons (Fsp3) is 1.00. The lowest BCUT2D eigenvalue weighted by atomic mass is 10.0. The zero-order chi connectivity index (χ0) is 13.8. The Morgan fingerprint density at radius 2 is 1.72 bits per heavy atom. The zero-order valence-electron chi connectivity index (χ0n) is 12.0. The first kappa shape index (κ1) is 15.9. The Kier molecular flexibility index (Phi) is 6.04. The summed E-state index contributed by atoms with van der Waals surface area (Å²) in [6.45, 7) is 11.5. The number of hydrogen-bond donors (Lipinski definition) is 1. The van der Waals surface area contributed by atoms with Gasteiger partial charge in [0.25, 0.3) is 0 Å². The van der Waals surface area contributed by atoms with Crippen molar-refractivity contribution < 1.29 is 8.42 Å². The molecular weight excluding hydrogens is 250 g/mol. The first-order valence-electron chi connectivity index (χ1n) is 6.76. The average molecular weight is 277 g/mol. The fourth-order valence-electron chi connectivity index (χ4n) is 2.34. The number of nitrogens with zero attached hydrogens (tertiary/aromatic N) is 2. The van der Waals surface area contributed by atoms with E-state index in [-0.39, 0.29) is 0 Å². The van der Waals surface area contributed by atoms with Crippen LogP contribution in [0.25, 0.3) is 0 Å². The number of hydrogen-bond acceptors (Lipinski definition) is 4. The largest absolute Gasteiger partial charge is 0.317 e. The van der Waals surface area contributed by atoms with Gasteiger partial charge in [-0.25, -0.2) is 8.42 Å². The molecule has 1 rings (SSSR count). The van der Waals surface area contributed by atoms with E-state index in [4.69, 9.17) is 0 Å². The van der Waals surface area contributed by atoms with Gasteiger partial charge in [-0.1, -0.05) is 13.8 Å².